The number of benzene rings is 2. The highest BCUT2D eigenvalue weighted by molar-refractivity contribution is 5.33. The molecule has 0 fully saturated rings. The summed E-state index contributed by atoms with van der Waals surface area (Å²) in [6, 6.07) is -6.80. The molecule has 0 heterocycles. The van der Waals surface area contributed by atoms with Crippen LogP contribution in [0.3, 0.4) is 0 Å². The Morgan fingerprint density at radius 3 is 2.74 bits per heavy atom. The second-order valence-corrected chi connectivity index (χ2v) is 3.56. The SMILES string of the molecule is [2H]c1c([2H])c([2H])c(C(CCNC([2H])([2H])[2H])Oc2c([2H])c([2H])c([2H])c([2H])c2C([2H])([2H])[2H])c([2H])c1[2H]. The van der Waals surface area contributed by atoms with Crippen LogP contribution in [0.2, 0.25) is 0 Å². The average molecular weight is 270 g/mol. The lowest BCUT2D eigenvalue weighted by atomic mass is 10.1. The molecule has 100 valence electrons. The fourth-order valence-corrected chi connectivity index (χ4v) is 1.42. The Morgan fingerprint density at radius 2 is 1.95 bits per heavy atom. The van der Waals surface area contributed by atoms with E-state index in [9.17, 15) is 0 Å². The summed E-state index contributed by atoms with van der Waals surface area (Å²) in [5.74, 6) is -0.781. The largest absolute Gasteiger partial charge is 0.485 e. The molecule has 2 aromatic carbocycles. The molecule has 0 bridgehead atoms. The van der Waals surface area contributed by atoms with Gasteiger partial charge < -0.3 is 10.1 Å². The maximum absolute atomic E-state index is 8.19. The van der Waals surface area contributed by atoms with Crippen molar-refractivity contribution in [2.75, 3.05) is 13.5 Å². The fraction of sp³-hybridized carbons (Fsp3) is 0.294. The Kier molecular flexibility index (Phi) is 1.50. The Bertz CT molecular complexity index is 1060. The van der Waals surface area contributed by atoms with Gasteiger partial charge in [0.25, 0.3) is 0 Å². The average Bonchev–Trinajstić information content (AvgIpc) is 2.71. The molecule has 0 saturated heterocycles. The summed E-state index contributed by atoms with van der Waals surface area (Å²) < 4.78 is 122. The van der Waals surface area contributed by atoms with E-state index in [2.05, 4.69) is 5.32 Å². The number of hydrogen-bond donors (Lipinski definition) is 1. The second-order valence-electron chi connectivity index (χ2n) is 3.56. The Labute approximate surface area is 136 Å². The molecule has 0 aliphatic rings. The van der Waals surface area contributed by atoms with Gasteiger partial charge in [0.05, 0.1) is 12.3 Å². The molecule has 2 aromatic rings. The van der Waals surface area contributed by atoms with Crippen molar-refractivity contribution < 1.29 is 25.3 Å². The monoisotopic (exact) mass is 270 g/mol. The summed E-state index contributed by atoms with van der Waals surface area (Å²) >= 11 is 0. The number of ether oxygens (including phenoxy) is 1. The molecule has 0 saturated carbocycles. The number of para-hydroxylation sites is 1. The summed E-state index contributed by atoms with van der Waals surface area (Å²) in [7, 11) is 0. The first-order chi connectivity index (χ1) is 15.4. The maximum atomic E-state index is 8.19. The predicted octanol–water partition coefficient (Wildman–Crippen LogP) is 3.72. The van der Waals surface area contributed by atoms with E-state index in [1.165, 1.54) is 0 Å². The van der Waals surface area contributed by atoms with Gasteiger partial charge in [-0.25, -0.2) is 0 Å². The first kappa shape index (κ1) is 4.10. The molecule has 1 unspecified atom stereocenters. The first-order valence-electron chi connectivity index (χ1n) is 13.0. The van der Waals surface area contributed by atoms with Crippen LogP contribution >= 0.6 is 0 Å². The van der Waals surface area contributed by atoms with Crippen molar-refractivity contribution in [3.05, 3.63) is 65.5 Å². The molecule has 2 rings (SSSR count). The lowest BCUT2D eigenvalue weighted by Crippen LogP contribution is -2.16. The molecule has 0 aliphatic heterocycles. The minimum Gasteiger partial charge on any atom is -0.485 e. The van der Waals surface area contributed by atoms with Crippen LogP contribution in [-0.2, 0) is 0 Å². The topological polar surface area (TPSA) is 21.3 Å². The Balaban J connectivity index is 2.76. The lowest BCUT2D eigenvalue weighted by molar-refractivity contribution is 0.193. The standard InChI is InChI=1S/C17H21NO/c1-14-8-6-7-11-16(14)19-17(12-13-18-2)15-9-4-3-5-10-15/h3-11,17-18H,12-13H2,1-2H3/i1D3,2D3,3D,4D,5D,6D,7D,8D,9D,10D,11D. The second kappa shape index (κ2) is 6.95. The van der Waals surface area contributed by atoms with Crippen molar-refractivity contribution >= 4 is 0 Å². The number of nitrogens with one attached hydrogen (secondary N) is 1. The van der Waals surface area contributed by atoms with E-state index in [4.69, 9.17) is 25.3 Å². The number of rotatable bonds is 6. The van der Waals surface area contributed by atoms with Crippen LogP contribution in [0, 0.1) is 6.85 Å². The maximum Gasteiger partial charge on any atom is 0.125 e. The van der Waals surface area contributed by atoms with Crippen LogP contribution in [-0.4, -0.2) is 13.5 Å². The van der Waals surface area contributed by atoms with E-state index >= 15 is 0 Å². The van der Waals surface area contributed by atoms with Crippen molar-refractivity contribution in [3.63, 3.8) is 0 Å². The van der Waals surface area contributed by atoms with Crippen LogP contribution in [0.4, 0.5) is 0 Å². The lowest BCUT2D eigenvalue weighted by Gasteiger charge is -2.20. The minimum atomic E-state index is -3.05. The summed E-state index contributed by atoms with van der Waals surface area (Å²) in [6.07, 6.45) is -1.89. The van der Waals surface area contributed by atoms with Gasteiger partial charge in [-0.05, 0) is 37.5 Å². The molecule has 1 N–H and O–H groups in total. The fourth-order valence-electron chi connectivity index (χ4n) is 1.42. The van der Waals surface area contributed by atoms with Crippen molar-refractivity contribution in [1.82, 2.24) is 5.32 Å². The van der Waals surface area contributed by atoms with E-state index < -0.39 is 91.2 Å². The van der Waals surface area contributed by atoms with E-state index in [1.54, 1.807) is 0 Å². The van der Waals surface area contributed by atoms with Gasteiger partial charge in [0, 0.05) is 14.6 Å². The zero-order valence-electron chi connectivity index (χ0n) is 24.9. The highest BCUT2D eigenvalue weighted by Gasteiger charge is 2.13. The molecular formula is C17H21NO. The van der Waals surface area contributed by atoms with Crippen molar-refractivity contribution in [2.45, 2.75) is 19.4 Å². The molecule has 0 amide bonds. The summed E-state index contributed by atoms with van der Waals surface area (Å²) in [4.78, 5) is 0. The summed E-state index contributed by atoms with van der Waals surface area (Å²) in [5.41, 5.74) is -1.26. The highest BCUT2D eigenvalue weighted by atomic mass is 16.5. The molecule has 0 aromatic heterocycles. The zero-order chi connectivity index (χ0) is 26.3. The minimum absolute atomic E-state index is 0.322. The third kappa shape index (κ3) is 3.83. The van der Waals surface area contributed by atoms with Gasteiger partial charge in [-0.1, -0.05) is 48.3 Å². The molecule has 2 heteroatoms. The predicted molar refractivity (Wildman–Crippen MR) is 79.5 cm³/mol. The van der Waals surface area contributed by atoms with Crippen LogP contribution in [0.25, 0.3) is 0 Å². The van der Waals surface area contributed by atoms with Crippen molar-refractivity contribution in [2.24, 2.45) is 0 Å². The van der Waals surface area contributed by atoms with Gasteiger partial charge in [-0.3, -0.25) is 0 Å². The Morgan fingerprint density at radius 1 is 1.16 bits per heavy atom. The van der Waals surface area contributed by atoms with E-state index in [0.29, 0.717) is 0 Å². The molecule has 0 radical (unpaired) electrons. The van der Waals surface area contributed by atoms with Gasteiger partial charge in [-0.15, -0.1) is 0 Å². The molecule has 0 spiro atoms. The van der Waals surface area contributed by atoms with E-state index in [-0.39, 0.29) is 13.0 Å². The molecule has 19 heavy (non-hydrogen) atoms. The normalized spacial score (nSPS) is 24.7. The van der Waals surface area contributed by atoms with Gasteiger partial charge >= 0.3 is 0 Å². The number of hydrogen-bond acceptors (Lipinski definition) is 2. The van der Waals surface area contributed by atoms with E-state index in [1.807, 2.05) is 0 Å². The molecule has 0 aliphatic carbocycles. The summed E-state index contributed by atoms with van der Waals surface area (Å²) in [6.45, 7) is -5.95. The van der Waals surface area contributed by atoms with Crippen LogP contribution < -0.4 is 10.1 Å². The quantitative estimate of drug-likeness (QED) is 0.863. The molecular weight excluding hydrogens is 234 g/mol. The van der Waals surface area contributed by atoms with Crippen LogP contribution in [0.15, 0.2) is 54.4 Å². The third-order valence-corrected chi connectivity index (χ3v) is 2.29. The molecule has 1 atom stereocenters. The van der Waals surface area contributed by atoms with Gasteiger partial charge in [0.15, 0.2) is 0 Å². The summed E-state index contributed by atoms with van der Waals surface area (Å²) in [5, 5.41) is 2.18. The van der Waals surface area contributed by atoms with Gasteiger partial charge in [-0.2, -0.15) is 0 Å². The van der Waals surface area contributed by atoms with Gasteiger partial charge in [0.2, 0.25) is 0 Å². The first-order valence-corrected chi connectivity index (χ1v) is 5.49. The van der Waals surface area contributed by atoms with Crippen LogP contribution in [0.1, 0.15) is 44.2 Å². The highest BCUT2D eigenvalue weighted by Crippen LogP contribution is 2.26. The molecule has 2 nitrogen and oxygen atoms in total. The Hall–Kier alpha value is -1.80. The zero-order valence-corrected chi connectivity index (χ0v) is 9.90. The van der Waals surface area contributed by atoms with E-state index in [0.717, 1.165) is 0 Å². The smallest absolute Gasteiger partial charge is 0.125 e. The van der Waals surface area contributed by atoms with Crippen LogP contribution in [0.5, 0.6) is 5.75 Å². The third-order valence-electron chi connectivity index (χ3n) is 2.29. The van der Waals surface area contributed by atoms with Crippen molar-refractivity contribution in [3.8, 4) is 5.75 Å². The van der Waals surface area contributed by atoms with Gasteiger partial charge in [0.1, 0.15) is 11.9 Å². The van der Waals surface area contributed by atoms with Crippen molar-refractivity contribution in [1.29, 1.82) is 0 Å².